The number of Topliss-reactive ketones (excluding diaryl/α,β-unsaturated/α-hetero) is 1. The van der Waals surface area contributed by atoms with Gasteiger partial charge in [0.15, 0.2) is 17.3 Å². The fraction of sp³-hybridized carbons (Fsp3) is 0.500. The molecule has 0 aliphatic carbocycles. The number of rotatable bonds is 15. The number of hydrogen-bond donors (Lipinski definition) is 0. The van der Waals surface area contributed by atoms with Gasteiger partial charge in [-0.2, -0.15) is 0 Å². The Morgan fingerprint density at radius 3 is 2.17 bits per heavy atom. The van der Waals surface area contributed by atoms with Gasteiger partial charge in [-0.25, -0.2) is 4.79 Å². The van der Waals surface area contributed by atoms with Crippen LogP contribution in [0.15, 0.2) is 36.4 Å². The first kappa shape index (κ1) is 24.5. The molecule has 5 nitrogen and oxygen atoms in total. The first-order chi connectivity index (χ1) is 14.0. The summed E-state index contributed by atoms with van der Waals surface area (Å²) in [6, 6.07) is 5.44. The summed E-state index contributed by atoms with van der Waals surface area (Å²) >= 11 is 0. The van der Waals surface area contributed by atoms with E-state index in [9.17, 15) is 9.59 Å². The molecule has 1 aromatic carbocycles. The molecule has 160 valence electrons. The maximum absolute atomic E-state index is 11.8. The second kappa shape index (κ2) is 14.4. The smallest absolute Gasteiger partial charge is 0.330 e. The molecule has 1 rings (SSSR count). The van der Waals surface area contributed by atoms with Crippen LogP contribution in [-0.4, -0.2) is 32.6 Å². The average molecular weight is 403 g/mol. The van der Waals surface area contributed by atoms with Crippen LogP contribution in [0.1, 0.15) is 63.9 Å². The Balaban J connectivity index is 2.10. The van der Waals surface area contributed by atoms with Crippen molar-refractivity contribution in [2.45, 2.75) is 58.3 Å². The lowest BCUT2D eigenvalue weighted by atomic mass is 10.0. The van der Waals surface area contributed by atoms with Crippen LogP contribution >= 0.6 is 0 Å². The molecule has 0 N–H and O–H groups in total. The third-order valence-electron chi connectivity index (χ3n) is 4.59. The number of benzene rings is 1. The van der Waals surface area contributed by atoms with Crippen molar-refractivity contribution in [1.29, 1.82) is 0 Å². The third kappa shape index (κ3) is 10.5. The molecule has 0 bridgehead atoms. The average Bonchev–Trinajstić information content (AvgIpc) is 2.72. The van der Waals surface area contributed by atoms with Crippen LogP contribution in [0.4, 0.5) is 0 Å². The molecule has 0 aliphatic heterocycles. The summed E-state index contributed by atoms with van der Waals surface area (Å²) in [4.78, 5) is 23.2. The van der Waals surface area contributed by atoms with Gasteiger partial charge in [0, 0.05) is 12.5 Å². The third-order valence-corrected chi connectivity index (χ3v) is 4.59. The van der Waals surface area contributed by atoms with Gasteiger partial charge in [-0.3, -0.25) is 4.79 Å². The normalized spacial score (nSPS) is 10.7. The Kier molecular flexibility index (Phi) is 12.2. The lowest BCUT2D eigenvalue weighted by molar-refractivity contribution is -0.137. The number of allylic oxidation sites excluding steroid dienone is 1. The molecule has 0 atom stereocenters. The second-order valence-electron chi connectivity index (χ2n) is 7.04. The highest BCUT2D eigenvalue weighted by molar-refractivity contribution is 5.94. The second-order valence-corrected chi connectivity index (χ2v) is 7.04. The molecule has 0 radical (unpaired) electrons. The first-order valence-corrected chi connectivity index (χ1v) is 10.2. The van der Waals surface area contributed by atoms with E-state index >= 15 is 0 Å². The van der Waals surface area contributed by atoms with Gasteiger partial charge in [-0.1, -0.05) is 44.7 Å². The standard InChI is InChI=1S/C24H34O5/c1-19(2)21(25)12-10-8-6-5-7-9-11-17-29-24(26)16-14-20-13-15-22(27-3)23(18-20)28-4/h13-16,18H,1,5-12,17H2,2-4H3/b16-14+. The minimum atomic E-state index is -0.345. The maximum Gasteiger partial charge on any atom is 0.330 e. The number of methoxy groups -OCH3 is 2. The zero-order valence-electron chi connectivity index (χ0n) is 18.0. The number of carbonyl (C=O) groups is 2. The molecule has 0 heterocycles. The van der Waals surface area contributed by atoms with Gasteiger partial charge in [0.05, 0.1) is 20.8 Å². The number of ketones is 1. The largest absolute Gasteiger partial charge is 0.493 e. The molecule has 0 saturated heterocycles. The predicted molar refractivity (Wildman–Crippen MR) is 116 cm³/mol. The van der Waals surface area contributed by atoms with Gasteiger partial charge in [-0.15, -0.1) is 0 Å². The summed E-state index contributed by atoms with van der Waals surface area (Å²) in [7, 11) is 3.16. The fourth-order valence-electron chi connectivity index (χ4n) is 2.83. The summed E-state index contributed by atoms with van der Waals surface area (Å²) in [5, 5.41) is 0. The van der Waals surface area contributed by atoms with Crippen molar-refractivity contribution in [3.8, 4) is 11.5 Å². The van der Waals surface area contributed by atoms with Gasteiger partial charge >= 0.3 is 5.97 Å². The summed E-state index contributed by atoms with van der Waals surface area (Å²) in [5.74, 6) is 1.09. The van der Waals surface area contributed by atoms with E-state index in [1.54, 1.807) is 39.4 Å². The van der Waals surface area contributed by atoms with Crippen LogP contribution in [-0.2, 0) is 14.3 Å². The molecule has 1 aromatic rings. The maximum atomic E-state index is 11.8. The highest BCUT2D eigenvalue weighted by Crippen LogP contribution is 2.27. The minimum absolute atomic E-state index is 0.173. The number of unbranched alkanes of at least 4 members (excludes halogenated alkanes) is 6. The quantitative estimate of drug-likeness (QED) is 0.219. The van der Waals surface area contributed by atoms with Crippen molar-refractivity contribution in [1.82, 2.24) is 0 Å². The van der Waals surface area contributed by atoms with Crippen LogP contribution in [0.2, 0.25) is 0 Å². The molecular formula is C24H34O5. The lowest BCUT2D eigenvalue weighted by Crippen LogP contribution is -2.02. The molecular weight excluding hydrogens is 368 g/mol. The van der Waals surface area contributed by atoms with Gasteiger partial charge < -0.3 is 14.2 Å². The van der Waals surface area contributed by atoms with E-state index < -0.39 is 0 Å². The van der Waals surface area contributed by atoms with Gasteiger partial charge in [-0.05, 0) is 49.1 Å². The highest BCUT2D eigenvalue weighted by atomic mass is 16.5. The summed E-state index contributed by atoms with van der Waals surface area (Å²) in [5.41, 5.74) is 1.49. The Morgan fingerprint density at radius 2 is 1.55 bits per heavy atom. The monoisotopic (exact) mass is 402 g/mol. The first-order valence-electron chi connectivity index (χ1n) is 10.2. The number of esters is 1. The molecule has 0 amide bonds. The van der Waals surface area contributed by atoms with Crippen LogP contribution < -0.4 is 9.47 Å². The SMILES string of the molecule is C=C(C)C(=O)CCCCCCCCCOC(=O)/C=C/c1ccc(OC)c(OC)c1. The molecule has 29 heavy (non-hydrogen) atoms. The van der Waals surface area contributed by atoms with Crippen LogP contribution in [0.3, 0.4) is 0 Å². The van der Waals surface area contributed by atoms with Crippen molar-refractivity contribution in [2.24, 2.45) is 0 Å². The molecule has 0 spiro atoms. The number of ether oxygens (including phenoxy) is 3. The fourth-order valence-corrected chi connectivity index (χ4v) is 2.83. The van der Waals surface area contributed by atoms with E-state index in [1.165, 1.54) is 6.08 Å². The number of hydrogen-bond acceptors (Lipinski definition) is 5. The van der Waals surface area contributed by atoms with Crippen molar-refractivity contribution >= 4 is 17.8 Å². The minimum Gasteiger partial charge on any atom is -0.493 e. The van der Waals surface area contributed by atoms with E-state index in [0.717, 1.165) is 50.5 Å². The van der Waals surface area contributed by atoms with Crippen molar-refractivity contribution in [3.05, 3.63) is 42.0 Å². The Hall–Kier alpha value is -2.56. The summed E-state index contributed by atoms with van der Waals surface area (Å²) < 4.78 is 15.7. The zero-order valence-corrected chi connectivity index (χ0v) is 18.0. The lowest BCUT2D eigenvalue weighted by Gasteiger charge is -2.07. The Bertz CT molecular complexity index is 691. The van der Waals surface area contributed by atoms with E-state index in [1.807, 2.05) is 6.07 Å². The Morgan fingerprint density at radius 1 is 0.931 bits per heavy atom. The highest BCUT2D eigenvalue weighted by Gasteiger charge is 2.04. The van der Waals surface area contributed by atoms with Crippen molar-refractivity contribution in [3.63, 3.8) is 0 Å². The van der Waals surface area contributed by atoms with Gasteiger partial charge in [0.1, 0.15) is 0 Å². The van der Waals surface area contributed by atoms with Gasteiger partial charge in [0.25, 0.3) is 0 Å². The topological polar surface area (TPSA) is 61.8 Å². The molecule has 0 unspecified atom stereocenters. The Labute approximate surface area is 174 Å². The summed E-state index contributed by atoms with van der Waals surface area (Å²) in [6.45, 7) is 5.86. The van der Waals surface area contributed by atoms with E-state index in [-0.39, 0.29) is 11.8 Å². The van der Waals surface area contributed by atoms with Crippen LogP contribution in [0.5, 0.6) is 11.5 Å². The zero-order chi connectivity index (χ0) is 21.5. The molecule has 0 aromatic heterocycles. The van der Waals surface area contributed by atoms with Crippen molar-refractivity contribution < 1.29 is 23.8 Å². The van der Waals surface area contributed by atoms with Crippen molar-refractivity contribution in [2.75, 3.05) is 20.8 Å². The summed E-state index contributed by atoms with van der Waals surface area (Å²) in [6.07, 6.45) is 11.1. The van der Waals surface area contributed by atoms with Crippen LogP contribution in [0, 0.1) is 0 Å². The van der Waals surface area contributed by atoms with E-state index in [0.29, 0.717) is 30.1 Å². The van der Waals surface area contributed by atoms with E-state index in [2.05, 4.69) is 6.58 Å². The molecule has 0 fully saturated rings. The van der Waals surface area contributed by atoms with E-state index in [4.69, 9.17) is 14.2 Å². The van der Waals surface area contributed by atoms with Gasteiger partial charge in [0.2, 0.25) is 0 Å². The van der Waals surface area contributed by atoms with Crippen LogP contribution in [0.25, 0.3) is 6.08 Å². The predicted octanol–water partition coefficient (Wildman–Crippen LogP) is 5.53. The molecule has 0 aliphatic rings. The molecule has 5 heteroatoms. The molecule has 0 saturated carbocycles. The number of carbonyl (C=O) groups excluding carboxylic acids is 2.